The Hall–Kier alpha value is -2.19. The summed E-state index contributed by atoms with van der Waals surface area (Å²) in [5.74, 6) is -2.28. The molecule has 35 heavy (non-hydrogen) atoms. The molecule has 0 aromatic heterocycles. The Balaban J connectivity index is 1.69. The SMILES string of the molecule is CCCCN1CC=CC23O[C@@H]4/C=C\CCC(C)OC(=O)C4[C@H]2C(=O)N(CCCCCCO)[C@@H]3C1=O. The Kier molecular flexibility index (Phi) is 8.32. The molecule has 2 amide bonds. The van der Waals surface area contributed by atoms with Crippen molar-refractivity contribution in [2.75, 3.05) is 26.2 Å². The molecule has 4 heterocycles. The van der Waals surface area contributed by atoms with Gasteiger partial charge in [-0.2, -0.15) is 0 Å². The average Bonchev–Trinajstić information content (AvgIpc) is 3.23. The van der Waals surface area contributed by atoms with Crippen LogP contribution < -0.4 is 0 Å². The number of ether oxygens (including phenoxy) is 2. The number of cyclic esters (lactones) is 1. The maximum absolute atomic E-state index is 14.0. The van der Waals surface area contributed by atoms with Gasteiger partial charge in [0.15, 0.2) is 0 Å². The fourth-order valence-corrected chi connectivity index (χ4v) is 6.03. The van der Waals surface area contributed by atoms with Gasteiger partial charge in [-0.05, 0) is 39.0 Å². The van der Waals surface area contributed by atoms with Crippen LogP contribution in [0, 0.1) is 11.8 Å². The molecule has 0 aromatic carbocycles. The topological polar surface area (TPSA) is 96.4 Å². The lowest BCUT2D eigenvalue weighted by atomic mass is 9.78. The molecule has 0 aromatic rings. The van der Waals surface area contributed by atoms with Gasteiger partial charge in [0.1, 0.15) is 17.6 Å². The first-order valence-corrected chi connectivity index (χ1v) is 13.4. The third kappa shape index (κ3) is 4.92. The predicted molar refractivity (Wildman–Crippen MR) is 130 cm³/mol. The summed E-state index contributed by atoms with van der Waals surface area (Å²) in [6, 6.07) is -0.789. The maximum atomic E-state index is 14.0. The van der Waals surface area contributed by atoms with Crippen LogP contribution in [0.2, 0.25) is 0 Å². The zero-order valence-electron chi connectivity index (χ0n) is 21.1. The number of carbonyl (C=O) groups excluding carboxylic acids is 3. The largest absolute Gasteiger partial charge is 0.462 e. The van der Waals surface area contributed by atoms with E-state index in [1.165, 1.54) is 0 Å². The third-order valence-electron chi connectivity index (χ3n) is 7.82. The highest BCUT2D eigenvalue weighted by atomic mass is 16.6. The van der Waals surface area contributed by atoms with Crippen molar-refractivity contribution >= 4 is 17.8 Å². The van der Waals surface area contributed by atoms with Crippen molar-refractivity contribution in [2.45, 2.75) is 89.1 Å². The molecule has 0 radical (unpaired) electrons. The quantitative estimate of drug-likeness (QED) is 0.305. The number of allylic oxidation sites excluding steroid dienone is 1. The molecule has 4 aliphatic rings. The number of unbranched alkanes of at least 4 members (excludes halogenated alkanes) is 4. The fourth-order valence-electron chi connectivity index (χ4n) is 6.03. The molecule has 0 aliphatic carbocycles. The molecule has 2 saturated heterocycles. The lowest BCUT2D eigenvalue weighted by Crippen LogP contribution is -2.55. The Labute approximate surface area is 208 Å². The summed E-state index contributed by atoms with van der Waals surface area (Å²) in [5.41, 5.74) is -1.18. The molecule has 1 N–H and O–H groups in total. The van der Waals surface area contributed by atoms with Gasteiger partial charge in [-0.3, -0.25) is 14.4 Å². The summed E-state index contributed by atoms with van der Waals surface area (Å²) >= 11 is 0. The molecule has 8 heteroatoms. The molecule has 0 saturated carbocycles. The van der Waals surface area contributed by atoms with E-state index in [2.05, 4.69) is 6.92 Å². The first-order chi connectivity index (χ1) is 16.9. The van der Waals surface area contributed by atoms with E-state index < -0.39 is 35.6 Å². The summed E-state index contributed by atoms with van der Waals surface area (Å²) in [6.45, 7) is 5.63. The molecule has 8 nitrogen and oxygen atoms in total. The van der Waals surface area contributed by atoms with Crippen molar-refractivity contribution in [3.63, 3.8) is 0 Å². The highest BCUT2D eigenvalue weighted by Gasteiger charge is 2.71. The van der Waals surface area contributed by atoms with Gasteiger partial charge in [0, 0.05) is 26.2 Å². The number of esters is 1. The van der Waals surface area contributed by atoms with E-state index in [1.54, 1.807) is 4.90 Å². The second-order valence-corrected chi connectivity index (χ2v) is 10.3. The normalized spacial score (nSPS) is 35.5. The number of nitrogens with zero attached hydrogens (tertiary/aromatic N) is 2. The third-order valence-corrected chi connectivity index (χ3v) is 7.82. The van der Waals surface area contributed by atoms with Gasteiger partial charge in [-0.25, -0.2) is 0 Å². The van der Waals surface area contributed by atoms with Crippen LogP contribution in [0.4, 0.5) is 0 Å². The van der Waals surface area contributed by atoms with Crippen LogP contribution in [0.1, 0.15) is 65.2 Å². The molecule has 0 bridgehead atoms. The Bertz CT molecular complexity index is 857. The molecule has 3 unspecified atom stereocenters. The van der Waals surface area contributed by atoms with Crippen molar-refractivity contribution in [3.05, 3.63) is 24.3 Å². The van der Waals surface area contributed by atoms with Crippen molar-refractivity contribution in [2.24, 2.45) is 11.8 Å². The molecular weight excluding hydrogens is 448 g/mol. The molecule has 6 atom stereocenters. The monoisotopic (exact) mass is 488 g/mol. The second-order valence-electron chi connectivity index (χ2n) is 10.3. The van der Waals surface area contributed by atoms with E-state index in [9.17, 15) is 14.4 Å². The van der Waals surface area contributed by atoms with E-state index >= 15 is 0 Å². The number of hydrogen-bond acceptors (Lipinski definition) is 6. The number of hydrogen-bond donors (Lipinski definition) is 1. The van der Waals surface area contributed by atoms with Gasteiger partial charge in [-0.1, -0.05) is 50.5 Å². The van der Waals surface area contributed by atoms with Crippen LogP contribution >= 0.6 is 0 Å². The zero-order valence-corrected chi connectivity index (χ0v) is 21.1. The first-order valence-electron chi connectivity index (χ1n) is 13.4. The van der Waals surface area contributed by atoms with Gasteiger partial charge < -0.3 is 24.4 Å². The maximum Gasteiger partial charge on any atom is 0.313 e. The number of rotatable bonds is 9. The summed E-state index contributed by atoms with van der Waals surface area (Å²) in [5, 5.41) is 9.08. The lowest BCUT2D eigenvalue weighted by Gasteiger charge is -2.35. The van der Waals surface area contributed by atoms with Crippen LogP contribution in [-0.2, 0) is 23.9 Å². The van der Waals surface area contributed by atoms with Crippen LogP contribution in [0.5, 0.6) is 0 Å². The fraction of sp³-hybridized carbons (Fsp3) is 0.741. The molecule has 194 valence electrons. The van der Waals surface area contributed by atoms with Crippen LogP contribution in [-0.4, -0.2) is 82.8 Å². The summed E-state index contributed by atoms with van der Waals surface area (Å²) in [6.07, 6.45) is 13.4. The Morgan fingerprint density at radius 3 is 2.63 bits per heavy atom. The highest BCUT2D eigenvalue weighted by Crippen LogP contribution is 2.53. The van der Waals surface area contributed by atoms with Crippen LogP contribution in [0.3, 0.4) is 0 Å². The highest BCUT2D eigenvalue weighted by molar-refractivity contribution is 5.99. The smallest absolute Gasteiger partial charge is 0.313 e. The number of carbonyl (C=O) groups is 3. The van der Waals surface area contributed by atoms with E-state index in [0.717, 1.165) is 51.4 Å². The standard InChI is InChI=1S/C27H40N2O6/c1-3-4-15-28-16-11-14-27-22(21-20(35-27)13-8-7-12-19(2)34-26(21)33)24(31)29(23(27)25(28)32)17-9-5-6-10-18-30/h8,11,13-14,19-23,30H,3-7,9-10,12,15-18H2,1-2H3/b13-8-/t19?,20-,21?,22+,23-,27?/m1/s1. The predicted octanol–water partition coefficient (Wildman–Crippen LogP) is 2.60. The van der Waals surface area contributed by atoms with Crippen molar-refractivity contribution in [1.29, 1.82) is 0 Å². The Morgan fingerprint density at radius 1 is 1.06 bits per heavy atom. The Morgan fingerprint density at radius 2 is 1.86 bits per heavy atom. The number of aliphatic hydroxyl groups is 1. The van der Waals surface area contributed by atoms with E-state index in [1.807, 2.05) is 36.1 Å². The summed E-state index contributed by atoms with van der Waals surface area (Å²) in [4.78, 5) is 44.7. The average molecular weight is 489 g/mol. The van der Waals surface area contributed by atoms with Crippen molar-refractivity contribution < 1.29 is 29.0 Å². The van der Waals surface area contributed by atoms with Crippen molar-refractivity contribution in [3.8, 4) is 0 Å². The molecule has 4 aliphatic heterocycles. The minimum absolute atomic E-state index is 0.105. The molecule has 2 fully saturated rings. The van der Waals surface area contributed by atoms with Crippen LogP contribution in [0.25, 0.3) is 0 Å². The summed E-state index contributed by atoms with van der Waals surface area (Å²) in [7, 11) is 0. The van der Waals surface area contributed by atoms with Gasteiger partial charge in [0.25, 0.3) is 0 Å². The van der Waals surface area contributed by atoms with Gasteiger partial charge in [-0.15, -0.1) is 0 Å². The molecule has 4 rings (SSSR count). The van der Waals surface area contributed by atoms with E-state index in [4.69, 9.17) is 14.6 Å². The minimum Gasteiger partial charge on any atom is -0.462 e. The lowest BCUT2D eigenvalue weighted by molar-refractivity contribution is -0.158. The van der Waals surface area contributed by atoms with Gasteiger partial charge in [0.2, 0.25) is 11.8 Å². The minimum atomic E-state index is -1.18. The van der Waals surface area contributed by atoms with Crippen molar-refractivity contribution in [1.82, 2.24) is 9.80 Å². The zero-order chi connectivity index (χ0) is 25.0. The van der Waals surface area contributed by atoms with E-state index in [-0.39, 0.29) is 24.5 Å². The van der Waals surface area contributed by atoms with Crippen LogP contribution in [0.15, 0.2) is 24.3 Å². The van der Waals surface area contributed by atoms with Gasteiger partial charge >= 0.3 is 5.97 Å². The molecular formula is C27H40N2O6. The summed E-state index contributed by atoms with van der Waals surface area (Å²) < 4.78 is 12.3. The molecule has 1 spiro atoms. The number of likely N-dealkylation sites (tertiary alicyclic amines) is 1. The number of aliphatic hydroxyl groups excluding tert-OH is 1. The number of fused-ring (bicyclic) bond motifs is 2. The van der Waals surface area contributed by atoms with Gasteiger partial charge in [0.05, 0.1) is 18.1 Å². The van der Waals surface area contributed by atoms with E-state index in [0.29, 0.717) is 19.6 Å². The first kappa shape index (κ1) is 25.9. The number of amides is 2. The second kappa shape index (κ2) is 11.2.